The summed E-state index contributed by atoms with van der Waals surface area (Å²) in [7, 11) is 1.24. The number of hydrogen-bond acceptors (Lipinski definition) is 5. The van der Waals surface area contributed by atoms with Crippen LogP contribution in [-0.2, 0) is 20.7 Å². The number of methoxy groups -OCH3 is 1. The van der Waals surface area contributed by atoms with E-state index in [0.29, 0.717) is 0 Å². The molecule has 0 heterocycles. The zero-order valence-electron chi connectivity index (χ0n) is 9.79. The molecule has 1 rings (SSSR count). The highest BCUT2D eigenvalue weighted by Gasteiger charge is 2.21. The van der Waals surface area contributed by atoms with E-state index in [4.69, 9.17) is 5.11 Å². The Balaban J connectivity index is 3.01. The van der Waals surface area contributed by atoms with E-state index >= 15 is 0 Å². The van der Waals surface area contributed by atoms with Crippen LogP contribution in [0.1, 0.15) is 23.7 Å². The number of phenols is 1. The van der Waals surface area contributed by atoms with Gasteiger partial charge in [0, 0.05) is 12.0 Å². The van der Waals surface area contributed by atoms with Gasteiger partial charge in [0.2, 0.25) is 0 Å². The maximum absolute atomic E-state index is 11.0. The number of rotatable bonds is 5. The van der Waals surface area contributed by atoms with Crippen molar-refractivity contribution in [3.8, 4) is 5.75 Å². The van der Waals surface area contributed by atoms with Crippen molar-refractivity contribution < 1.29 is 29.6 Å². The number of carbonyl (C=O) groups excluding carboxylic acids is 1. The van der Waals surface area contributed by atoms with Crippen LogP contribution in [0, 0.1) is 0 Å². The molecule has 3 N–H and O–H groups in total. The number of hydrogen-bond donors (Lipinski definition) is 3. The number of aliphatic carboxylic acids is 1. The zero-order chi connectivity index (χ0) is 13.7. The van der Waals surface area contributed by atoms with Gasteiger partial charge in [-0.05, 0) is 18.1 Å². The van der Waals surface area contributed by atoms with Gasteiger partial charge in [0.1, 0.15) is 5.75 Å². The second-order valence-corrected chi connectivity index (χ2v) is 3.66. The van der Waals surface area contributed by atoms with E-state index in [1.54, 1.807) is 0 Å². The normalized spacial score (nSPS) is 11.9. The van der Waals surface area contributed by atoms with Crippen molar-refractivity contribution in [1.29, 1.82) is 0 Å². The Kier molecular flexibility index (Phi) is 4.67. The largest absolute Gasteiger partial charge is 0.508 e. The molecule has 0 aliphatic carbocycles. The number of carbonyl (C=O) groups is 2. The molecule has 18 heavy (non-hydrogen) atoms. The average molecular weight is 254 g/mol. The number of aliphatic hydroxyl groups excluding tert-OH is 1. The molecule has 98 valence electrons. The molecule has 0 saturated heterocycles. The third kappa shape index (κ3) is 3.21. The predicted octanol–water partition coefficient (Wildman–Crippen LogP) is 0.616. The van der Waals surface area contributed by atoms with E-state index in [9.17, 15) is 19.8 Å². The standard InChI is InChI=1S/C12H14O6/c1-18-10(14)6-5-7-8(11(15)12(16)17)3-2-4-9(7)13/h2-4,11,13,15H,5-6H2,1H3,(H,16,17). The van der Waals surface area contributed by atoms with Crippen molar-refractivity contribution in [3.63, 3.8) is 0 Å². The number of carboxylic acids is 1. The van der Waals surface area contributed by atoms with Crippen molar-refractivity contribution in [2.45, 2.75) is 18.9 Å². The highest BCUT2D eigenvalue weighted by molar-refractivity contribution is 5.75. The van der Waals surface area contributed by atoms with Crippen LogP contribution in [0.5, 0.6) is 5.75 Å². The summed E-state index contributed by atoms with van der Waals surface area (Å²) in [5.41, 5.74) is 0.309. The van der Waals surface area contributed by atoms with Gasteiger partial charge in [0.25, 0.3) is 0 Å². The second-order valence-electron chi connectivity index (χ2n) is 3.66. The van der Waals surface area contributed by atoms with Crippen LogP contribution in [-0.4, -0.2) is 34.4 Å². The lowest BCUT2D eigenvalue weighted by Gasteiger charge is -2.13. The first-order chi connectivity index (χ1) is 8.47. The molecule has 0 radical (unpaired) electrons. The number of benzene rings is 1. The molecule has 1 atom stereocenters. The minimum Gasteiger partial charge on any atom is -0.508 e. The monoisotopic (exact) mass is 254 g/mol. The molecule has 0 aliphatic heterocycles. The number of aliphatic hydroxyl groups is 1. The van der Waals surface area contributed by atoms with Gasteiger partial charge in [-0.3, -0.25) is 4.79 Å². The summed E-state index contributed by atoms with van der Waals surface area (Å²) in [6.07, 6.45) is -1.64. The summed E-state index contributed by atoms with van der Waals surface area (Å²) in [4.78, 5) is 21.8. The van der Waals surface area contributed by atoms with Gasteiger partial charge >= 0.3 is 11.9 Å². The van der Waals surface area contributed by atoms with Crippen LogP contribution >= 0.6 is 0 Å². The fourth-order valence-electron chi connectivity index (χ4n) is 1.58. The first-order valence-corrected chi connectivity index (χ1v) is 5.25. The summed E-state index contributed by atoms with van der Waals surface area (Å²) < 4.78 is 4.46. The van der Waals surface area contributed by atoms with E-state index in [1.807, 2.05) is 0 Å². The summed E-state index contributed by atoms with van der Waals surface area (Å²) in [6, 6.07) is 4.19. The molecule has 0 aromatic heterocycles. The molecule has 0 spiro atoms. The van der Waals surface area contributed by atoms with Gasteiger partial charge < -0.3 is 20.1 Å². The van der Waals surface area contributed by atoms with Crippen molar-refractivity contribution in [1.82, 2.24) is 0 Å². The van der Waals surface area contributed by atoms with Gasteiger partial charge in [-0.15, -0.1) is 0 Å². The molecule has 1 unspecified atom stereocenters. The van der Waals surface area contributed by atoms with E-state index in [-0.39, 0.29) is 29.7 Å². The van der Waals surface area contributed by atoms with Crippen LogP contribution in [0.2, 0.25) is 0 Å². The van der Waals surface area contributed by atoms with Crippen LogP contribution in [0.15, 0.2) is 18.2 Å². The maximum Gasteiger partial charge on any atom is 0.337 e. The lowest BCUT2D eigenvalue weighted by molar-refractivity contribution is -0.147. The number of phenolic OH excluding ortho intramolecular Hbond substituents is 1. The van der Waals surface area contributed by atoms with Gasteiger partial charge in [-0.1, -0.05) is 12.1 Å². The Morgan fingerprint density at radius 2 is 2.06 bits per heavy atom. The molecule has 6 heteroatoms. The van der Waals surface area contributed by atoms with Crippen LogP contribution < -0.4 is 0 Å². The van der Waals surface area contributed by atoms with Crippen molar-refractivity contribution in [3.05, 3.63) is 29.3 Å². The van der Waals surface area contributed by atoms with Crippen LogP contribution in [0.3, 0.4) is 0 Å². The third-order valence-electron chi connectivity index (χ3n) is 2.52. The lowest BCUT2D eigenvalue weighted by Crippen LogP contribution is -2.13. The number of carboxylic acid groups (broad SMARTS) is 1. The Morgan fingerprint density at radius 3 is 2.61 bits per heavy atom. The minimum absolute atomic E-state index is 0.00654. The van der Waals surface area contributed by atoms with Crippen LogP contribution in [0.4, 0.5) is 0 Å². The highest BCUT2D eigenvalue weighted by Crippen LogP contribution is 2.27. The Hall–Kier alpha value is -2.08. The fourth-order valence-corrected chi connectivity index (χ4v) is 1.58. The van der Waals surface area contributed by atoms with Crippen molar-refractivity contribution >= 4 is 11.9 Å². The number of aromatic hydroxyl groups is 1. The van der Waals surface area contributed by atoms with Crippen molar-refractivity contribution in [2.75, 3.05) is 7.11 Å². The third-order valence-corrected chi connectivity index (χ3v) is 2.52. The molecule has 1 aromatic rings. The van der Waals surface area contributed by atoms with Crippen LogP contribution in [0.25, 0.3) is 0 Å². The summed E-state index contributed by atoms with van der Waals surface area (Å²) in [5, 5.41) is 27.9. The summed E-state index contributed by atoms with van der Waals surface area (Å²) in [5.74, 6) is -2.05. The van der Waals surface area contributed by atoms with Gasteiger partial charge in [0.05, 0.1) is 7.11 Å². The first-order valence-electron chi connectivity index (χ1n) is 5.25. The smallest absolute Gasteiger partial charge is 0.337 e. The molecule has 1 aromatic carbocycles. The highest BCUT2D eigenvalue weighted by atomic mass is 16.5. The predicted molar refractivity (Wildman–Crippen MR) is 61.0 cm³/mol. The van der Waals surface area contributed by atoms with Gasteiger partial charge in [-0.2, -0.15) is 0 Å². The molecular weight excluding hydrogens is 240 g/mol. The quantitative estimate of drug-likeness (QED) is 0.665. The van der Waals surface area contributed by atoms with E-state index in [0.717, 1.165) is 0 Å². The van der Waals surface area contributed by atoms with E-state index in [1.165, 1.54) is 25.3 Å². The molecule has 0 fully saturated rings. The average Bonchev–Trinajstić information content (AvgIpc) is 2.35. The van der Waals surface area contributed by atoms with Crippen molar-refractivity contribution in [2.24, 2.45) is 0 Å². The molecule has 0 saturated carbocycles. The minimum atomic E-state index is -1.73. The van der Waals surface area contributed by atoms with Gasteiger partial charge in [0.15, 0.2) is 6.10 Å². The SMILES string of the molecule is COC(=O)CCc1c(O)cccc1C(O)C(=O)O. The zero-order valence-corrected chi connectivity index (χ0v) is 9.79. The Bertz CT molecular complexity index is 454. The fraction of sp³-hybridized carbons (Fsp3) is 0.333. The maximum atomic E-state index is 11.0. The molecule has 0 bridgehead atoms. The molecule has 6 nitrogen and oxygen atoms in total. The summed E-state index contributed by atoms with van der Waals surface area (Å²) >= 11 is 0. The van der Waals surface area contributed by atoms with E-state index < -0.39 is 18.0 Å². The number of esters is 1. The lowest BCUT2D eigenvalue weighted by atomic mass is 9.97. The molecule has 0 aliphatic rings. The Morgan fingerprint density at radius 1 is 1.39 bits per heavy atom. The summed E-state index contributed by atoms with van der Waals surface area (Å²) in [6.45, 7) is 0. The topological polar surface area (TPSA) is 104 Å². The van der Waals surface area contributed by atoms with E-state index in [2.05, 4.69) is 4.74 Å². The molecule has 0 amide bonds. The first kappa shape index (κ1) is 14.0. The number of ether oxygens (including phenoxy) is 1. The molecular formula is C12H14O6. The second kappa shape index (κ2) is 6.02. The Labute approximate surface area is 103 Å². The van der Waals surface area contributed by atoms with Gasteiger partial charge in [-0.25, -0.2) is 4.79 Å².